The van der Waals surface area contributed by atoms with Crippen molar-refractivity contribution in [3.63, 3.8) is 0 Å². The highest BCUT2D eigenvalue weighted by molar-refractivity contribution is 6.33. The Morgan fingerprint density at radius 2 is 1.52 bits per heavy atom. The molecule has 4 aromatic rings. The number of halogens is 1. The van der Waals surface area contributed by atoms with E-state index >= 15 is 0 Å². The monoisotopic (exact) mass is 671 g/mol. The van der Waals surface area contributed by atoms with E-state index in [1.807, 2.05) is 35.2 Å². The molecule has 4 aromatic carbocycles. The van der Waals surface area contributed by atoms with E-state index in [4.69, 9.17) is 30.5 Å². The molecular formula is C37H38ClN3O7. The van der Waals surface area contributed by atoms with Crippen molar-refractivity contribution < 1.29 is 33.3 Å². The van der Waals surface area contributed by atoms with Crippen LogP contribution in [0, 0.1) is 0 Å². The predicted octanol–water partition coefficient (Wildman–Crippen LogP) is 6.98. The maximum Gasteiger partial charge on any atom is 0.337 e. The van der Waals surface area contributed by atoms with Gasteiger partial charge >= 0.3 is 12.0 Å². The molecule has 0 spiro atoms. The van der Waals surface area contributed by atoms with Gasteiger partial charge in [0, 0.05) is 0 Å². The second-order valence-corrected chi connectivity index (χ2v) is 11.7. The predicted molar refractivity (Wildman–Crippen MR) is 184 cm³/mol. The number of esters is 1. The molecule has 0 aromatic heterocycles. The Bertz CT molecular complexity index is 1720. The van der Waals surface area contributed by atoms with Gasteiger partial charge in [0.1, 0.15) is 18.1 Å². The Hall–Kier alpha value is -5.06. The number of amides is 3. The van der Waals surface area contributed by atoms with E-state index in [1.54, 1.807) is 66.7 Å². The van der Waals surface area contributed by atoms with Gasteiger partial charge in [0.2, 0.25) is 5.91 Å². The van der Waals surface area contributed by atoms with Crippen molar-refractivity contribution in [2.45, 2.75) is 38.0 Å². The molecule has 250 valence electrons. The third kappa shape index (κ3) is 9.05. The quantitative estimate of drug-likeness (QED) is 0.147. The molecule has 2 atom stereocenters. The molecule has 3 amide bonds. The zero-order valence-electron chi connectivity index (χ0n) is 26.8. The van der Waals surface area contributed by atoms with Crippen molar-refractivity contribution in [2.75, 3.05) is 38.1 Å². The largest absolute Gasteiger partial charge is 0.495 e. The lowest BCUT2D eigenvalue weighted by molar-refractivity contribution is -0.135. The summed E-state index contributed by atoms with van der Waals surface area (Å²) >= 11 is 6.17. The van der Waals surface area contributed by atoms with Gasteiger partial charge in [-0.25, -0.2) is 9.59 Å². The van der Waals surface area contributed by atoms with Crippen LogP contribution in [-0.4, -0.2) is 62.3 Å². The SMILES string of the molecule is COC(=O)c1cccc(OC[C@@H]2CC[C@H](COCc3ccccc3)N2C(=O)Cc2ccc(NC(=O)Nc3ccccc3Cl)c(OC)c2)c1. The summed E-state index contributed by atoms with van der Waals surface area (Å²) in [7, 11) is 2.83. The van der Waals surface area contributed by atoms with Crippen molar-refractivity contribution in [2.24, 2.45) is 0 Å². The van der Waals surface area contributed by atoms with E-state index in [2.05, 4.69) is 10.6 Å². The number of ether oxygens (including phenoxy) is 4. The van der Waals surface area contributed by atoms with Crippen LogP contribution < -0.4 is 20.1 Å². The Balaban J connectivity index is 1.27. The lowest BCUT2D eigenvalue weighted by Crippen LogP contribution is -2.46. The Morgan fingerprint density at radius 1 is 0.792 bits per heavy atom. The molecular weight excluding hydrogens is 634 g/mol. The van der Waals surface area contributed by atoms with Crippen LogP contribution in [0.5, 0.6) is 11.5 Å². The summed E-state index contributed by atoms with van der Waals surface area (Å²) in [5.74, 6) is 0.383. The lowest BCUT2D eigenvalue weighted by atomic mass is 10.1. The molecule has 48 heavy (non-hydrogen) atoms. The van der Waals surface area contributed by atoms with E-state index < -0.39 is 12.0 Å². The molecule has 10 nitrogen and oxygen atoms in total. The Morgan fingerprint density at radius 3 is 2.27 bits per heavy atom. The highest BCUT2D eigenvalue weighted by atomic mass is 35.5. The molecule has 0 radical (unpaired) electrons. The number of likely N-dealkylation sites (tertiary alicyclic amines) is 1. The first-order valence-corrected chi connectivity index (χ1v) is 16.0. The summed E-state index contributed by atoms with van der Waals surface area (Å²) in [5.41, 5.74) is 3.07. The van der Waals surface area contributed by atoms with E-state index in [0.29, 0.717) is 46.7 Å². The highest BCUT2D eigenvalue weighted by Gasteiger charge is 2.37. The third-order valence-corrected chi connectivity index (χ3v) is 8.35. The summed E-state index contributed by atoms with van der Waals surface area (Å²) in [6.07, 6.45) is 1.59. The number of methoxy groups -OCH3 is 2. The van der Waals surface area contributed by atoms with Crippen molar-refractivity contribution in [1.82, 2.24) is 4.90 Å². The van der Waals surface area contributed by atoms with Crippen molar-refractivity contribution >= 4 is 40.9 Å². The molecule has 1 aliphatic rings. The van der Waals surface area contributed by atoms with E-state index in [9.17, 15) is 14.4 Å². The van der Waals surface area contributed by atoms with Crippen LogP contribution >= 0.6 is 11.6 Å². The highest BCUT2D eigenvalue weighted by Crippen LogP contribution is 2.30. The average molecular weight is 672 g/mol. The number of rotatable bonds is 13. The van der Waals surface area contributed by atoms with Gasteiger partial charge < -0.3 is 34.5 Å². The minimum Gasteiger partial charge on any atom is -0.495 e. The van der Waals surface area contributed by atoms with Gasteiger partial charge in [-0.1, -0.05) is 66.2 Å². The number of nitrogens with one attached hydrogen (secondary N) is 2. The maximum atomic E-state index is 14.0. The summed E-state index contributed by atoms with van der Waals surface area (Å²) in [6.45, 7) is 1.07. The van der Waals surface area contributed by atoms with Gasteiger partial charge in [0.05, 0.1) is 67.9 Å². The second-order valence-electron chi connectivity index (χ2n) is 11.3. The molecule has 0 unspecified atom stereocenters. The molecule has 2 N–H and O–H groups in total. The first kappa shape index (κ1) is 34.3. The Kier molecular flexibility index (Phi) is 11.9. The summed E-state index contributed by atoms with van der Waals surface area (Å²) in [6, 6.07) is 28.0. The van der Waals surface area contributed by atoms with Crippen LogP contribution in [0.3, 0.4) is 0 Å². The molecule has 1 heterocycles. The van der Waals surface area contributed by atoms with Crippen LogP contribution in [0.25, 0.3) is 0 Å². The maximum absolute atomic E-state index is 14.0. The van der Waals surface area contributed by atoms with Crippen LogP contribution in [0.1, 0.15) is 34.3 Å². The number of para-hydroxylation sites is 1. The topological polar surface area (TPSA) is 115 Å². The minimum atomic E-state index is -0.486. The van der Waals surface area contributed by atoms with E-state index in [-0.39, 0.29) is 31.0 Å². The van der Waals surface area contributed by atoms with Gasteiger partial charge in [-0.05, 0) is 66.4 Å². The molecule has 0 saturated carbocycles. The first-order valence-electron chi connectivity index (χ1n) is 15.6. The summed E-state index contributed by atoms with van der Waals surface area (Å²) < 4.78 is 22.6. The minimum absolute atomic E-state index is 0.0862. The molecule has 1 fully saturated rings. The number of hydrogen-bond donors (Lipinski definition) is 2. The van der Waals surface area contributed by atoms with Crippen LogP contribution in [0.2, 0.25) is 5.02 Å². The van der Waals surface area contributed by atoms with Gasteiger partial charge in [0.15, 0.2) is 0 Å². The third-order valence-electron chi connectivity index (χ3n) is 8.02. The number of anilines is 2. The standard InChI is InChI=1S/C37H38ClN3O7/c1-45-34-19-26(15-18-33(34)40-37(44)39-32-14-7-6-13-31(32)38)20-35(42)41-28(23-47-22-25-9-4-3-5-10-25)16-17-29(41)24-48-30-12-8-11-27(21-30)36(43)46-2/h3-15,18-19,21,28-29H,16-17,20,22-24H2,1-2H3,(H2,39,40,44)/t28-,29+/m1/s1. The average Bonchev–Trinajstić information content (AvgIpc) is 3.52. The molecule has 0 bridgehead atoms. The van der Waals surface area contributed by atoms with Crippen molar-refractivity contribution in [3.8, 4) is 11.5 Å². The normalized spacial score (nSPS) is 15.4. The van der Waals surface area contributed by atoms with E-state index in [0.717, 1.165) is 24.0 Å². The van der Waals surface area contributed by atoms with Gasteiger partial charge in [-0.15, -0.1) is 0 Å². The van der Waals surface area contributed by atoms with Crippen LogP contribution in [0.4, 0.5) is 16.2 Å². The van der Waals surface area contributed by atoms with Gasteiger partial charge in [-0.2, -0.15) is 0 Å². The number of nitrogens with zero attached hydrogens (tertiary/aromatic N) is 1. The summed E-state index contributed by atoms with van der Waals surface area (Å²) in [4.78, 5) is 40.5. The number of hydrogen-bond acceptors (Lipinski definition) is 7. The number of carbonyl (C=O) groups excluding carboxylic acids is 3. The van der Waals surface area contributed by atoms with Gasteiger partial charge in [-0.3, -0.25) is 4.79 Å². The molecule has 1 saturated heterocycles. The van der Waals surface area contributed by atoms with Gasteiger partial charge in [0.25, 0.3) is 0 Å². The lowest BCUT2D eigenvalue weighted by Gasteiger charge is -2.30. The smallest absolute Gasteiger partial charge is 0.337 e. The number of carbonyl (C=O) groups is 3. The van der Waals surface area contributed by atoms with Crippen molar-refractivity contribution in [3.05, 3.63) is 119 Å². The number of benzene rings is 4. The zero-order valence-corrected chi connectivity index (χ0v) is 27.6. The summed E-state index contributed by atoms with van der Waals surface area (Å²) in [5, 5.41) is 5.91. The molecule has 5 rings (SSSR count). The Labute approximate surface area is 284 Å². The number of urea groups is 1. The van der Waals surface area contributed by atoms with Crippen LogP contribution in [-0.2, 0) is 27.3 Å². The molecule has 0 aliphatic carbocycles. The fraction of sp³-hybridized carbons (Fsp3) is 0.270. The first-order chi connectivity index (χ1) is 23.3. The molecule has 1 aliphatic heterocycles. The van der Waals surface area contributed by atoms with Crippen LogP contribution in [0.15, 0.2) is 97.1 Å². The fourth-order valence-corrected chi connectivity index (χ4v) is 5.84. The van der Waals surface area contributed by atoms with E-state index in [1.165, 1.54) is 14.2 Å². The van der Waals surface area contributed by atoms with Crippen molar-refractivity contribution in [1.29, 1.82) is 0 Å². The molecule has 11 heteroatoms. The second kappa shape index (κ2) is 16.7. The zero-order chi connectivity index (χ0) is 33.9. The fourth-order valence-electron chi connectivity index (χ4n) is 5.66.